The molecular formula is C18H17N3O2. The molecule has 0 aliphatic carbocycles. The van der Waals surface area contributed by atoms with Crippen LogP contribution < -0.4 is 10.1 Å². The maximum absolute atomic E-state index is 10.6. The SMILES string of the molecule is O=CNc1ccccc1CCOc1ccccc1-c1cnc[nH]1. The van der Waals surface area contributed by atoms with Gasteiger partial charge in [-0.15, -0.1) is 0 Å². The van der Waals surface area contributed by atoms with Crippen molar-refractivity contribution in [2.24, 2.45) is 0 Å². The first-order chi connectivity index (χ1) is 11.4. The number of carbonyl (C=O) groups excluding carboxylic acids is 1. The third-order valence-corrected chi connectivity index (χ3v) is 3.54. The van der Waals surface area contributed by atoms with Crippen molar-refractivity contribution in [3.63, 3.8) is 0 Å². The second-order valence-electron chi connectivity index (χ2n) is 4.98. The van der Waals surface area contributed by atoms with Gasteiger partial charge in [-0.2, -0.15) is 0 Å². The van der Waals surface area contributed by atoms with Crippen LogP contribution in [-0.4, -0.2) is 23.0 Å². The zero-order valence-electron chi connectivity index (χ0n) is 12.5. The lowest BCUT2D eigenvalue weighted by atomic mass is 10.1. The Kier molecular flexibility index (Phi) is 4.69. The van der Waals surface area contributed by atoms with E-state index in [2.05, 4.69) is 15.3 Å². The average molecular weight is 307 g/mol. The second-order valence-corrected chi connectivity index (χ2v) is 4.98. The monoisotopic (exact) mass is 307 g/mol. The quantitative estimate of drug-likeness (QED) is 0.658. The van der Waals surface area contributed by atoms with Gasteiger partial charge in [-0.05, 0) is 23.8 Å². The predicted molar refractivity (Wildman–Crippen MR) is 89.4 cm³/mol. The van der Waals surface area contributed by atoms with Crippen LogP contribution in [0.2, 0.25) is 0 Å². The summed E-state index contributed by atoms with van der Waals surface area (Å²) in [7, 11) is 0. The molecule has 0 unspecified atom stereocenters. The van der Waals surface area contributed by atoms with Gasteiger partial charge in [0, 0.05) is 17.7 Å². The Balaban J connectivity index is 1.69. The molecule has 0 saturated carbocycles. The van der Waals surface area contributed by atoms with Gasteiger partial charge in [0.1, 0.15) is 5.75 Å². The predicted octanol–water partition coefficient (Wildman–Crippen LogP) is 3.27. The van der Waals surface area contributed by atoms with Crippen molar-refractivity contribution in [2.75, 3.05) is 11.9 Å². The Morgan fingerprint density at radius 1 is 1.13 bits per heavy atom. The first-order valence-electron chi connectivity index (χ1n) is 7.37. The number of H-pyrrole nitrogens is 1. The highest BCUT2D eigenvalue weighted by Crippen LogP contribution is 2.28. The van der Waals surface area contributed by atoms with Gasteiger partial charge in [-0.25, -0.2) is 4.98 Å². The summed E-state index contributed by atoms with van der Waals surface area (Å²) in [6.07, 6.45) is 4.81. The van der Waals surface area contributed by atoms with E-state index in [0.717, 1.165) is 28.3 Å². The van der Waals surface area contributed by atoms with Gasteiger partial charge in [0.05, 0.1) is 24.8 Å². The van der Waals surface area contributed by atoms with Crippen LogP contribution in [0, 0.1) is 0 Å². The van der Waals surface area contributed by atoms with Crippen LogP contribution in [-0.2, 0) is 11.2 Å². The van der Waals surface area contributed by atoms with Gasteiger partial charge in [-0.1, -0.05) is 30.3 Å². The van der Waals surface area contributed by atoms with E-state index in [1.54, 1.807) is 12.5 Å². The molecule has 0 bridgehead atoms. The first-order valence-corrected chi connectivity index (χ1v) is 7.37. The Bertz CT molecular complexity index is 769. The zero-order valence-corrected chi connectivity index (χ0v) is 12.5. The molecule has 23 heavy (non-hydrogen) atoms. The summed E-state index contributed by atoms with van der Waals surface area (Å²) in [4.78, 5) is 17.8. The molecule has 0 aliphatic rings. The number of carbonyl (C=O) groups is 1. The molecule has 1 heterocycles. The Morgan fingerprint density at radius 2 is 1.96 bits per heavy atom. The van der Waals surface area contributed by atoms with E-state index in [0.29, 0.717) is 19.4 Å². The standard InChI is InChI=1S/C18H17N3O2/c22-13-21-16-7-3-1-5-14(16)9-10-23-18-8-4-2-6-15(18)17-11-19-12-20-17/h1-8,11-13H,9-10H2,(H,19,20)(H,21,22). The van der Waals surface area contributed by atoms with Crippen molar-refractivity contribution >= 4 is 12.1 Å². The number of nitrogens with zero attached hydrogens (tertiary/aromatic N) is 1. The minimum atomic E-state index is 0.517. The van der Waals surface area contributed by atoms with Crippen molar-refractivity contribution in [1.82, 2.24) is 9.97 Å². The molecule has 0 atom stereocenters. The van der Waals surface area contributed by atoms with E-state index < -0.39 is 0 Å². The van der Waals surface area contributed by atoms with Crippen molar-refractivity contribution in [1.29, 1.82) is 0 Å². The molecule has 0 fully saturated rings. The van der Waals surface area contributed by atoms with Gasteiger partial charge in [0.25, 0.3) is 0 Å². The van der Waals surface area contributed by atoms with Crippen molar-refractivity contribution < 1.29 is 9.53 Å². The van der Waals surface area contributed by atoms with Gasteiger partial charge < -0.3 is 15.0 Å². The molecule has 0 radical (unpaired) electrons. The minimum Gasteiger partial charge on any atom is -0.493 e. The molecule has 1 aromatic heterocycles. The molecule has 3 aromatic rings. The number of aromatic amines is 1. The minimum absolute atomic E-state index is 0.517. The van der Waals surface area contributed by atoms with Gasteiger partial charge in [-0.3, -0.25) is 4.79 Å². The van der Waals surface area contributed by atoms with Crippen LogP contribution >= 0.6 is 0 Å². The third kappa shape index (κ3) is 3.58. The molecule has 5 nitrogen and oxygen atoms in total. The lowest BCUT2D eigenvalue weighted by molar-refractivity contribution is -0.105. The summed E-state index contributed by atoms with van der Waals surface area (Å²) in [6, 6.07) is 15.5. The molecule has 2 N–H and O–H groups in total. The number of hydrogen-bond donors (Lipinski definition) is 2. The highest BCUT2D eigenvalue weighted by Gasteiger charge is 2.07. The molecule has 3 rings (SSSR count). The van der Waals surface area contributed by atoms with E-state index >= 15 is 0 Å². The smallest absolute Gasteiger partial charge is 0.211 e. The van der Waals surface area contributed by atoms with Crippen molar-refractivity contribution in [3.8, 4) is 17.0 Å². The summed E-state index contributed by atoms with van der Waals surface area (Å²) in [5.74, 6) is 0.803. The highest BCUT2D eigenvalue weighted by atomic mass is 16.5. The Labute approximate surface area is 134 Å². The topological polar surface area (TPSA) is 67.0 Å². The normalized spacial score (nSPS) is 10.3. The second kappa shape index (κ2) is 7.26. The number of imidazole rings is 1. The third-order valence-electron chi connectivity index (χ3n) is 3.54. The number of nitrogens with one attached hydrogen (secondary N) is 2. The molecule has 5 heteroatoms. The number of aromatic nitrogens is 2. The largest absolute Gasteiger partial charge is 0.493 e. The summed E-state index contributed by atoms with van der Waals surface area (Å²) in [6.45, 7) is 0.517. The van der Waals surface area contributed by atoms with Gasteiger partial charge in [0.2, 0.25) is 6.41 Å². The number of anilines is 1. The fourth-order valence-electron chi connectivity index (χ4n) is 2.43. The number of amides is 1. The lowest BCUT2D eigenvalue weighted by Crippen LogP contribution is -2.05. The molecule has 0 spiro atoms. The van der Waals surface area contributed by atoms with Crippen molar-refractivity contribution in [2.45, 2.75) is 6.42 Å². The molecule has 0 saturated heterocycles. The van der Waals surface area contributed by atoms with Crippen LogP contribution in [0.3, 0.4) is 0 Å². The van der Waals surface area contributed by atoms with Gasteiger partial charge >= 0.3 is 0 Å². The number of rotatable bonds is 7. The van der Waals surface area contributed by atoms with Crippen LogP contribution in [0.1, 0.15) is 5.56 Å². The van der Waals surface area contributed by atoms with Gasteiger partial charge in [0.15, 0.2) is 0 Å². The van der Waals surface area contributed by atoms with E-state index in [1.165, 1.54) is 0 Å². The molecule has 1 amide bonds. The van der Waals surface area contributed by atoms with Crippen LogP contribution in [0.4, 0.5) is 5.69 Å². The number of para-hydroxylation sites is 2. The fraction of sp³-hybridized carbons (Fsp3) is 0.111. The lowest BCUT2D eigenvalue weighted by Gasteiger charge is -2.12. The number of benzene rings is 2. The zero-order chi connectivity index (χ0) is 15.9. The first kappa shape index (κ1) is 14.8. The van der Waals surface area contributed by atoms with Crippen molar-refractivity contribution in [3.05, 3.63) is 66.6 Å². The highest BCUT2D eigenvalue weighted by molar-refractivity contribution is 5.73. The van der Waals surface area contributed by atoms with E-state index in [9.17, 15) is 4.79 Å². The maximum Gasteiger partial charge on any atom is 0.211 e. The van der Waals surface area contributed by atoms with Crippen LogP contribution in [0.25, 0.3) is 11.3 Å². The summed E-state index contributed by atoms with van der Waals surface area (Å²) >= 11 is 0. The maximum atomic E-state index is 10.6. The summed E-state index contributed by atoms with van der Waals surface area (Å²) in [5.41, 5.74) is 3.75. The van der Waals surface area contributed by atoms with E-state index in [1.807, 2.05) is 48.5 Å². The molecule has 0 aliphatic heterocycles. The average Bonchev–Trinajstić information content (AvgIpc) is 3.11. The molecular weight excluding hydrogens is 290 g/mol. The Hall–Kier alpha value is -3.08. The Morgan fingerprint density at radius 3 is 2.78 bits per heavy atom. The van der Waals surface area contributed by atoms with E-state index in [-0.39, 0.29) is 0 Å². The van der Waals surface area contributed by atoms with Crippen LogP contribution in [0.15, 0.2) is 61.1 Å². The van der Waals surface area contributed by atoms with E-state index in [4.69, 9.17) is 4.74 Å². The summed E-state index contributed by atoms with van der Waals surface area (Å²) in [5, 5.41) is 2.71. The molecule has 2 aromatic carbocycles. The number of hydrogen-bond acceptors (Lipinski definition) is 3. The summed E-state index contributed by atoms with van der Waals surface area (Å²) < 4.78 is 5.93. The fourth-order valence-corrected chi connectivity index (χ4v) is 2.43. The molecule has 116 valence electrons. The number of ether oxygens (including phenoxy) is 1. The van der Waals surface area contributed by atoms with Crippen LogP contribution in [0.5, 0.6) is 5.75 Å².